The number of hydrogen-bond acceptors (Lipinski definition) is 6. The monoisotopic (exact) mass is 291 g/mol. The highest BCUT2D eigenvalue weighted by atomic mass is 16.5. The normalized spacial score (nSPS) is 16.9. The average molecular weight is 291 g/mol. The zero-order valence-corrected chi connectivity index (χ0v) is 11.1. The number of hydrogen-bond donors (Lipinski definition) is 3. The molecule has 1 unspecified atom stereocenters. The van der Waals surface area contributed by atoms with Gasteiger partial charge in [0.15, 0.2) is 5.82 Å². The summed E-state index contributed by atoms with van der Waals surface area (Å²) in [6.07, 6.45) is 3.65. The van der Waals surface area contributed by atoms with Crippen molar-refractivity contribution in [3.63, 3.8) is 0 Å². The Morgan fingerprint density at radius 2 is 2.38 bits per heavy atom. The molecule has 0 amide bonds. The number of fused-ring (bicyclic) bond motifs is 1. The maximum atomic E-state index is 11.8. The van der Waals surface area contributed by atoms with E-state index in [0.29, 0.717) is 17.0 Å². The van der Waals surface area contributed by atoms with E-state index in [-0.39, 0.29) is 12.4 Å². The van der Waals surface area contributed by atoms with E-state index in [4.69, 9.17) is 15.6 Å². The molecule has 0 aliphatic carbocycles. The Labute approximate surface area is 119 Å². The number of nitrogens with two attached hydrogens (primary N) is 1. The molecule has 0 radical (unpaired) electrons. The highest BCUT2D eigenvalue weighted by Crippen LogP contribution is 2.43. The van der Waals surface area contributed by atoms with Crippen LogP contribution >= 0.6 is 0 Å². The highest BCUT2D eigenvalue weighted by molar-refractivity contribution is 6.35. The van der Waals surface area contributed by atoms with E-state index in [9.17, 15) is 9.59 Å². The fraction of sp³-hybridized carbons (Fsp3) is 0.250. The van der Waals surface area contributed by atoms with Crippen LogP contribution in [0.4, 0.5) is 11.5 Å². The maximum Gasteiger partial charge on any atom is 0.372 e. The minimum absolute atomic E-state index is 0.144. The third-order valence-corrected chi connectivity index (χ3v) is 2.97. The summed E-state index contributed by atoms with van der Waals surface area (Å²) >= 11 is 0. The summed E-state index contributed by atoms with van der Waals surface area (Å²) in [6.45, 7) is 0.144. The number of aliphatic imine (C=N–C) groups is 2. The summed E-state index contributed by atoms with van der Waals surface area (Å²) in [5, 5.41) is 11.8. The highest BCUT2D eigenvalue weighted by Gasteiger charge is 2.37. The smallest absolute Gasteiger partial charge is 0.372 e. The van der Waals surface area contributed by atoms with Crippen LogP contribution in [0.3, 0.4) is 0 Å². The lowest BCUT2D eigenvalue weighted by molar-refractivity contribution is -0.149. The molecule has 1 aromatic heterocycles. The minimum atomic E-state index is -1.49. The largest absolute Gasteiger partial charge is 0.495 e. The van der Waals surface area contributed by atoms with Crippen LogP contribution in [-0.4, -0.2) is 48.2 Å². The Kier molecular flexibility index (Phi) is 4.12. The second kappa shape index (κ2) is 5.99. The SMILES string of the molecule is COc1cnc(N=CN=CN)c2c1C(C(=O)C(=O)O)CN2. The molecular weight excluding hydrogens is 278 g/mol. The average Bonchev–Trinajstić information content (AvgIpc) is 2.92. The number of ketones is 1. The van der Waals surface area contributed by atoms with E-state index >= 15 is 0 Å². The molecule has 4 N–H and O–H groups in total. The Bertz CT molecular complexity index is 641. The van der Waals surface area contributed by atoms with Crippen molar-refractivity contribution in [2.24, 2.45) is 15.7 Å². The van der Waals surface area contributed by atoms with E-state index in [1.165, 1.54) is 19.6 Å². The van der Waals surface area contributed by atoms with Crippen LogP contribution in [0.1, 0.15) is 11.5 Å². The topological polar surface area (TPSA) is 139 Å². The van der Waals surface area contributed by atoms with Gasteiger partial charge in [0.1, 0.15) is 12.1 Å². The molecule has 1 aromatic rings. The number of nitrogens with zero attached hydrogens (tertiary/aromatic N) is 3. The van der Waals surface area contributed by atoms with Gasteiger partial charge >= 0.3 is 5.97 Å². The summed E-state index contributed by atoms with van der Waals surface area (Å²) < 4.78 is 5.15. The van der Waals surface area contributed by atoms with Gasteiger partial charge in [-0.3, -0.25) is 4.79 Å². The van der Waals surface area contributed by atoms with E-state index < -0.39 is 17.7 Å². The number of carboxylic acid groups (broad SMARTS) is 1. The van der Waals surface area contributed by atoms with Crippen molar-refractivity contribution in [3.05, 3.63) is 11.8 Å². The molecule has 1 aliphatic heterocycles. The third kappa shape index (κ3) is 2.66. The van der Waals surface area contributed by atoms with Crippen molar-refractivity contribution < 1.29 is 19.4 Å². The molecule has 1 atom stereocenters. The van der Waals surface area contributed by atoms with Crippen LogP contribution in [-0.2, 0) is 9.59 Å². The number of rotatable bonds is 5. The Morgan fingerprint density at radius 1 is 1.62 bits per heavy atom. The number of aliphatic carboxylic acids is 1. The molecule has 0 spiro atoms. The molecular formula is C12H13N5O4. The molecule has 110 valence electrons. The number of anilines is 1. The van der Waals surface area contributed by atoms with Gasteiger partial charge in [0.2, 0.25) is 5.78 Å². The Balaban J connectivity index is 2.49. The Hall–Kier alpha value is -2.97. The van der Waals surface area contributed by atoms with Gasteiger partial charge in [0.25, 0.3) is 0 Å². The summed E-state index contributed by atoms with van der Waals surface area (Å²) in [6, 6.07) is 0. The van der Waals surface area contributed by atoms with Gasteiger partial charge in [-0.15, -0.1) is 0 Å². The number of aromatic nitrogens is 1. The molecule has 1 aliphatic rings. The van der Waals surface area contributed by atoms with Crippen molar-refractivity contribution in [2.45, 2.75) is 5.92 Å². The fourth-order valence-corrected chi connectivity index (χ4v) is 2.08. The van der Waals surface area contributed by atoms with Gasteiger partial charge in [-0.25, -0.2) is 19.8 Å². The van der Waals surface area contributed by atoms with Crippen LogP contribution < -0.4 is 15.8 Å². The van der Waals surface area contributed by atoms with Gasteiger partial charge < -0.3 is 20.9 Å². The van der Waals surface area contributed by atoms with Crippen LogP contribution in [0.15, 0.2) is 16.2 Å². The first kappa shape index (κ1) is 14.4. The zero-order chi connectivity index (χ0) is 15.4. The number of nitrogens with one attached hydrogen (secondary N) is 1. The minimum Gasteiger partial charge on any atom is -0.495 e. The number of carbonyl (C=O) groups is 2. The summed E-state index contributed by atoms with van der Waals surface area (Å²) in [7, 11) is 1.42. The number of ether oxygens (including phenoxy) is 1. The third-order valence-electron chi connectivity index (χ3n) is 2.97. The number of methoxy groups -OCH3 is 1. The second-order valence-corrected chi connectivity index (χ2v) is 4.08. The van der Waals surface area contributed by atoms with Gasteiger partial charge in [0, 0.05) is 12.1 Å². The summed E-state index contributed by atoms with van der Waals surface area (Å²) in [4.78, 5) is 34.3. The van der Waals surface area contributed by atoms with E-state index in [0.717, 1.165) is 6.34 Å². The van der Waals surface area contributed by atoms with E-state index in [1.54, 1.807) is 0 Å². The predicted molar refractivity (Wildman–Crippen MR) is 75.5 cm³/mol. The number of carbonyl (C=O) groups excluding carboxylic acids is 1. The first-order chi connectivity index (χ1) is 10.1. The van der Waals surface area contributed by atoms with Gasteiger partial charge in [-0.1, -0.05) is 0 Å². The molecule has 0 bridgehead atoms. The second-order valence-electron chi connectivity index (χ2n) is 4.08. The molecule has 0 aromatic carbocycles. The molecule has 9 heteroatoms. The quantitative estimate of drug-likeness (QED) is 0.391. The number of Topliss-reactive ketones (excluding diaryl/α,β-unsaturated/α-hetero) is 1. The lowest BCUT2D eigenvalue weighted by Gasteiger charge is -2.11. The van der Waals surface area contributed by atoms with Crippen LogP contribution in [0.2, 0.25) is 0 Å². The molecule has 9 nitrogen and oxygen atoms in total. The fourth-order valence-electron chi connectivity index (χ4n) is 2.08. The molecule has 0 saturated carbocycles. The van der Waals surface area contributed by atoms with Crippen molar-refractivity contribution in [1.29, 1.82) is 0 Å². The van der Waals surface area contributed by atoms with Gasteiger partial charge in [-0.05, 0) is 0 Å². The number of carboxylic acids is 1. The molecule has 2 rings (SSSR count). The van der Waals surface area contributed by atoms with Gasteiger partial charge in [0.05, 0.1) is 31.3 Å². The lowest BCUT2D eigenvalue weighted by Crippen LogP contribution is -2.23. The molecule has 2 heterocycles. The first-order valence-corrected chi connectivity index (χ1v) is 5.94. The van der Waals surface area contributed by atoms with Crippen LogP contribution in [0.25, 0.3) is 0 Å². The van der Waals surface area contributed by atoms with E-state index in [2.05, 4.69) is 20.3 Å². The lowest BCUT2D eigenvalue weighted by atomic mass is 9.96. The van der Waals surface area contributed by atoms with Crippen LogP contribution in [0.5, 0.6) is 5.75 Å². The molecule has 0 saturated heterocycles. The van der Waals surface area contributed by atoms with Crippen molar-refractivity contribution >= 4 is 35.9 Å². The maximum absolute atomic E-state index is 11.8. The first-order valence-electron chi connectivity index (χ1n) is 5.94. The van der Waals surface area contributed by atoms with Crippen LogP contribution in [0, 0.1) is 0 Å². The van der Waals surface area contributed by atoms with E-state index in [1.807, 2.05) is 0 Å². The standard InChI is InChI=1S/C12H13N5O4/c1-21-7-3-16-11(17-5-14-4-13)9-8(7)6(2-15-9)10(18)12(19)20/h3-6,15H,2H2,1H3,(H,19,20)(H2,13,14,16,17). The molecule has 21 heavy (non-hydrogen) atoms. The number of pyridine rings is 1. The van der Waals surface area contributed by atoms with Crippen molar-refractivity contribution in [2.75, 3.05) is 19.0 Å². The zero-order valence-electron chi connectivity index (χ0n) is 11.1. The Morgan fingerprint density at radius 3 is 3.00 bits per heavy atom. The van der Waals surface area contributed by atoms with Crippen molar-refractivity contribution in [3.8, 4) is 5.75 Å². The summed E-state index contributed by atoms with van der Waals surface area (Å²) in [5.74, 6) is -2.65. The van der Waals surface area contributed by atoms with Gasteiger partial charge in [-0.2, -0.15) is 0 Å². The molecule has 0 fully saturated rings. The van der Waals surface area contributed by atoms with Crippen molar-refractivity contribution in [1.82, 2.24) is 4.98 Å². The summed E-state index contributed by atoms with van der Waals surface area (Å²) in [5.41, 5.74) is 5.99. The predicted octanol–water partition coefficient (Wildman–Crippen LogP) is -0.100.